The van der Waals surface area contributed by atoms with Crippen molar-refractivity contribution in [3.63, 3.8) is 0 Å². The lowest BCUT2D eigenvalue weighted by Crippen LogP contribution is -2.43. The summed E-state index contributed by atoms with van der Waals surface area (Å²) < 4.78 is 0. The van der Waals surface area contributed by atoms with Crippen molar-refractivity contribution < 1.29 is 0 Å². The van der Waals surface area contributed by atoms with Crippen LogP contribution in [0.3, 0.4) is 0 Å². The zero-order valence-electron chi connectivity index (χ0n) is 9.89. The maximum Gasteiger partial charge on any atom is 0.0107 e. The van der Waals surface area contributed by atoms with Crippen molar-refractivity contribution >= 4 is 0 Å². The van der Waals surface area contributed by atoms with Crippen molar-refractivity contribution in [2.75, 3.05) is 32.7 Å². The lowest BCUT2D eigenvalue weighted by Gasteiger charge is -2.27. The Morgan fingerprint density at radius 2 is 1.79 bits per heavy atom. The molecule has 14 heavy (non-hydrogen) atoms. The summed E-state index contributed by atoms with van der Waals surface area (Å²) in [7, 11) is 0. The predicted molar refractivity (Wildman–Crippen MR) is 62.6 cm³/mol. The van der Waals surface area contributed by atoms with E-state index >= 15 is 0 Å². The average Bonchev–Trinajstić information content (AvgIpc) is 2.18. The molecule has 1 N–H and O–H groups in total. The highest BCUT2D eigenvalue weighted by molar-refractivity contribution is 4.67. The highest BCUT2D eigenvalue weighted by atomic mass is 15.2. The molecule has 1 aliphatic rings. The largest absolute Gasteiger partial charge is 0.314 e. The van der Waals surface area contributed by atoms with Gasteiger partial charge in [-0.05, 0) is 18.9 Å². The number of rotatable bonds is 6. The molecule has 2 nitrogen and oxygen atoms in total. The van der Waals surface area contributed by atoms with Crippen molar-refractivity contribution in [1.82, 2.24) is 10.2 Å². The Labute approximate surface area is 89.1 Å². The summed E-state index contributed by atoms with van der Waals surface area (Å²) in [4.78, 5) is 2.59. The van der Waals surface area contributed by atoms with Gasteiger partial charge in [-0.3, -0.25) is 0 Å². The second-order valence-electron chi connectivity index (χ2n) is 4.83. The van der Waals surface area contributed by atoms with Crippen LogP contribution in [0.2, 0.25) is 0 Å². The van der Waals surface area contributed by atoms with E-state index in [1.165, 1.54) is 58.4 Å². The summed E-state index contributed by atoms with van der Waals surface area (Å²) in [5.41, 5.74) is 0. The maximum atomic E-state index is 3.39. The minimum absolute atomic E-state index is 0.884. The summed E-state index contributed by atoms with van der Waals surface area (Å²) in [6.45, 7) is 10.8. The van der Waals surface area contributed by atoms with Crippen LogP contribution in [-0.4, -0.2) is 37.6 Å². The Hall–Kier alpha value is -0.0800. The minimum Gasteiger partial charge on any atom is -0.314 e. The minimum atomic E-state index is 0.884. The van der Waals surface area contributed by atoms with Crippen molar-refractivity contribution in [2.24, 2.45) is 5.92 Å². The topological polar surface area (TPSA) is 15.3 Å². The van der Waals surface area contributed by atoms with Crippen LogP contribution in [0.5, 0.6) is 0 Å². The molecule has 0 aliphatic carbocycles. The highest BCUT2D eigenvalue weighted by Gasteiger charge is 2.07. The fraction of sp³-hybridized carbons (Fsp3) is 1.00. The normalized spacial score (nSPS) is 19.1. The predicted octanol–water partition coefficient (Wildman–Crippen LogP) is 2.11. The lowest BCUT2D eigenvalue weighted by atomic mass is 10.1. The van der Waals surface area contributed by atoms with Gasteiger partial charge in [-0.1, -0.05) is 33.1 Å². The van der Waals surface area contributed by atoms with Crippen LogP contribution in [-0.2, 0) is 0 Å². The van der Waals surface area contributed by atoms with E-state index in [0.717, 1.165) is 5.92 Å². The monoisotopic (exact) mass is 198 g/mol. The van der Waals surface area contributed by atoms with Gasteiger partial charge in [0, 0.05) is 26.2 Å². The van der Waals surface area contributed by atoms with Crippen molar-refractivity contribution in [3.05, 3.63) is 0 Å². The quantitative estimate of drug-likeness (QED) is 0.658. The molecule has 84 valence electrons. The zero-order chi connectivity index (χ0) is 10.2. The number of hydrogen-bond donors (Lipinski definition) is 1. The summed E-state index contributed by atoms with van der Waals surface area (Å²) >= 11 is 0. The van der Waals surface area contributed by atoms with E-state index in [9.17, 15) is 0 Å². The van der Waals surface area contributed by atoms with Gasteiger partial charge < -0.3 is 10.2 Å². The maximum absolute atomic E-state index is 3.39. The highest BCUT2D eigenvalue weighted by Crippen LogP contribution is 2.08. The van der Waals surface area contributed by atoms with Crippen LogP contribution >= 0.6 is 0 Å². The molecule has 1 fully saturated rings. The molecule has 1 heterocycles. The fourth-order valence-corrected chi connectivity index (χ4v) is 2.00. The molecule has 0 aromatic rings. The van der Waals surface area contributed by atoms with E-state index in [1.54, 1.807) is 0 Å². The van der Waals surface area contributed by atoms with Gasteiger partial charge in [0.2, 0.25) is 0 Å². The Balaban J connectivity index is 1.87. The number of nitrogens with one attached hydrogen (secondary N) is 1. The van der Waals surface area contributed by atoms with Gasteiger partial charge >= 0.3 is 0 Å². The first-order chi connectivity index (χ1) is 6.79. The van der Waals surface area contributed by atoms with Crippen LogP contribution in [0.25, 0.3) is 0 Å². The molecule has 0 amide bonds. The molecule has 0 aromatic carbocycles. The summed E-state index contributed by atoms with van der Waals surface area (Å²) in [5.74, 6) is 0.884. The molecule has 0 unspecified atom stereocenters. The van der Waals surface area contributed by atoms with Gasteiger partial charge in [0.15, 0.2) is 0 Å². The average molecular weight is 198 g/mol. The van der Waals surface area contributed by atoms with E-state index in [4.69, 9.17) is 0 Å². The lowest BCUT2D eigenvalue weighted by molar-refractivity contribution is 0.235. The second-order valence-corrected chi connectivity index (χ2v) is 4.83. The van der Waals surface area contributed by atoms with E-state index < -0.39 is 0 Å². The van der Waals surface area contributed by atoms with Crippen LogP contribution in [0.1, 0.15) is 39.5 Å². The molecule has 1 saturated heterocycles. The molecule has 0 spiro atoms. The van der Waals surface area contributed by atoms with Gasteiger partial charge in [0.05, 0.1) is 0 Å². The van der Waals surface area contributed by atoms with Crippen molar-refractivity contribution in [2.45, 2.75) is 39.5 Å². The Bertz CT molecular complexity index is 128. The molecule has 1 rings (SSSR count). The molecule has 0 bridgehead atoms. The third kappa shape index (κ3) is 5.61. The smallest absolute Gasteiger partial charge is 0.0107 e. The summed E-state index contributed by atoms with van der Waals surface area (Å²) in [6, 6.07) is 0. The first kappa shape index (κ1) is 12.0. The van der Waals surface area contributed by atoms with Gasteiger partial charge in [0.1, 0.15) is 0 Å². The standard InChI is InChI=1S/C12H26N2/c1-12(2)6-4-3-5-9-14-10-7-13-8-11-14/h12-13H,3-11H2,1-2H3. The zero-order valence-corrected chi connectivity index (χ0v) is 9.89. The number of piperazine rings is 1. The van der Waals surface area contributed by atoms with E-state index in [-0.39, 0.29) is 0 Å². The summed E-state index contributed by atoms with van der Waals surface area (Å²) in [6.07, 6.45) is 5.64. The molecule has 0 radical (unpaired) electrons. The molecular formula is C12H26N2. The third-order valence-electron chi connectivity index (χ3n) is 2.97. The first-order valence-corrected chi connectivity index (χ1v) is 6.22. The fourth-order valence-electron chi connectivity index (χ4n) is 2.00. The van der Waals surface area contributed by atoms with Gasteiger partial charge in [-0.25, -0.2) is 0 Å². The molecule has 0 atom stereocenters. The number of nitrogens with zero attached hydrogens (tertiary/aromatic N) is 1. The Morgan fingerprint density at radius 3 is 2.43 bits per heavy atom. The van der Waals surface area contributed by atoms with E-state index in [2.05, 4.69) is 24.1 Å². The van der Waals surface area contributed by atoms with Gasteiger partial charge in [0.25, 0.3) is 0 Å². The summed E-state index contributed by atoms with van der Waals surface area (Å²) in [5, 5.41) is 3.39. The molecule has 2 heteroatoms. The van der Waals surface area contributed by atoms with E-state index in [0.29, 0.717) is 0 Å². The van der Waals surface area contributed by atoms with Crippen LogP contribution < -0.4 is 5.32 Å². The molecular weight excluding hydrogens is 172 g/mol. The van der Waals surface area contributed by atoms with Crippen LogP contribution in [0.4, 0.5) is 0 Å². The second kappa shape index (κ2) is 7.24. The van der Waals surface area contributed by atoms with Gasteiger partial charge in [-0.2, -0.15) is 0 Å². The third-order valence-corrected chi connectivity index (χ3v) is 2.97. The van der Waals surface area contributed by atoms with Crippen molar-refractivity contribution in [1.29, 1.82) is 0 Å². The first-order valence-electron chi connectivity index (χ1n) is 6.22. The number of unbranched alkanes of at least 4 members (excludes halogenated alkanes) is 2. The molecule has 1 aliphatic heterocycles. The SMILES string of the molecule is CC(C)CCCCCN1CCNCC1. The van der Waals surface area contributed by atoms with Gasteiger partial charge in [-0.15, -0.1) is 0 Å². The van der Waals surface area contributed by atoms with E-state index in [1.807, 2.05) is 0 Å². The Morgan fingerprint density at radius 1 is 1.07 bits per heavy atom. The molecule has 0 saturated carbocycles. The van der Waals surface area contributed by atoms with Crippen molar-refractivity contribution in [3.8, 4) is 0 Å². The van der Waals surface area contributed by atoms with Crippen LogP contribution in [0.15, 0.2) is 0 Å². The van der Waals surface area contributed by atoms with Crippen LogP contribution in [0, 0.1) is 5.92 Å². The molecule has 0 aromatic heterocycles. The number of hydrogen-bond acceptors (Lipinski definition) is 2. The Kier molecular flexibility index (Phi) is 6.20.